The van der Waals surface area contributed by atoms with Gasteiger partial charge in [-0.15, -0.1) is 11.3 Å². The maximum atomic E-state index is 13.0. The second-order valence-electron chi connectivity index (χ2n) is 6.14. The van der Waals surface area contributed by atoms with Crippen molar-refractivity contribution >= 4 is 29.1 Å². The lowest BCUT2D eigenvalue weighted by Gasteiger charge is -2.11. The molecule has 0 bridgehead atoms. The number of carbonyl (C=O) groups is 1. The summed E-state index contributed by atoms with van der Waals surface area (Å²) in [5.74, 6) is 0.525. The van der Waals surface area contributed by atoms with Crippen molar-refractivity contribution in [1.82, 2.24) is 15.0 Å². The smallest absolute Gasteiger partial charge is 0.434 e. The Morgan fingerprint density at radius 1 is 1.17 bits per heavy atom. The molecule has 154 valence electrons. The van der Waals surface area contributed by atoms with Gasteiger partial charge in [-0.05, 0) is 12.1 Å². The number of urea groups is 1. The Morgan fingerprint density at radius 3 is 2.63 bits per heavy atom. The van der Waals surface area contributed by atoms with Gasteiger partial charge < -0.3 is 10.5 Å². The number of carbonyl (C=O) groups excluding carboxylic acids is 1. The monoisotopic (exact) mass is 434 g/mol. The highest BCUT2D eigenvalue weighted by Gasteiger charge is 2.34. The number of aliphatic imine (C=N–C) groups is 1. The molecule has 3 N–H and O–H groups in total. The molecule has 0 atom stereocenters. The van der Waals surface area contributed by atoms with Crippen molar-refractivity contribution in [3.63, 3.8) is 0 Å². The number of alkyl halides is 3. The Balaban J connectivity index is 1.82. The number of nitrogens with two attached hydrogens (primary N) is 1. The topological polar surface area (TPSA) is 115 Å². The zero-order valence-corrected chi connectivity index (χ0v) is 15.9. The number of hydrogen-bond acceptors (Lipinski definition) is 7. The molecule has 4 heterocycles. The summed E-state index contributed by atoms with van der Waals surface area (Å²) in [6.07, 6.45) is -0.0447. The van der Waals surface area contributed by atoms with Gasteiger partial charge in [0.1, 0.15) is 17.4 Å². The summed E-state index contributed by atoms with van der Waals surface area (Å²) in [4.78, 5) is 27.4. The first-order chi connectivity index (χ1) is 14.3. The fourth-order valence-corrected chi connectivity index (χ4v) is 3.66. The van der Waals surface area contributed by atoms with Crippen LogP contribution in [0.5, 0.6) is 0 Å². The van der Waals surface area contributed by atoms with E-state index in [9.17, 15) is 18.0 Å². The third-order valence-corrected chi connectivity index (χ3v) is 4.94. The highest BCUT2D eigenvalue weighted by atomic mass is 32.1. The Kier molecular flexibility index (Phi) is 5.08. The van der Waals surface area contributed by atoms with Crippen LogP contribution in [0, 0.1) is 0 Å². The minimum Gasteiger partial charge on any atom is -0.475 e. The van der Waals surface area contributed by atoms with Crippen LogP contribution in [0.1, 0.15) is 11.3 Å². The number of ether oxygens (including phenoxy) is 1. The predicted octanol–water partition coefficient (Wildman–Crippen LogP) is 3.55. The molecular weight excluding hydrogens is 421 g/mol. The highest BCUT2D eigenvalue weighted by Crippen LogP contribution is 2.38. The summed E-state index contributed by atoms with van der Waals surface area (Å²) in [7, 11) is 0. The number of thiazole rings is 1. The summed E-state index contributed by atoms with van der Waals surface area (Å²) < 4.78 is 44.6. The average Bonchev–Trinajstić information content (AvgIpc) is 3.39. The molecule has 3 aromatic rings. The van der Waals surface area contributed by atoms with Gasteiger partial charge >= 0.3 is 12.2 Å². The van der Waals surface area contributed by atoms with E-state index in [0.717, 1.165) is 16.7 Å². The summed E-state index contributed by atoms with van der Waals surface area (Å²) in [5.41, 5.74) is 6.13. The minimum atomic E-state index is -4.57. The minimum absolute atomic E-state index is 0.0811. The number of anilines is 1. The van der Waals surface area contributed by atoms with Crippen LogP contribution in [0.25, 0.3) is 21.7 Å². The molecule has 8 nitrogen and oxygen atoms in total. The fourth-order valence-electron chi connectivity index (χ4n) is 2.80. The quantitative estimate of drug-likeness (QED) is 0.652. The fraction of sp³-hybridized carbons (Fsp3) is 0.167. The van der Waals surface area contributed by atoms with Crippen molar-refractivity contribution in [1.29, 1.82) is 0 Å². The number of primary amides is 1. The number of amides is 2. The third-order valence-electron chi connectivity index (χ3n) is 4.06. The zero-order valence-electron chi connectivity index (χ0n) is 15.1. The number of halogens is 3. The molecule has 0 saturated carbocycles. The summed E-state index contributed by atoms with van der Waals surface area (Å²) in [5, 5.41) is 3.35. The Hall–Kier alpha value is -3.54. The number of hydrogen-bond donors (Lipinski definition) is 2. The molecule has 1 aliphatic rings. The molecule has 0 spiro atoms. The van der Waals surface area contributed by atoms with Gasteiger partial charge in [-0.25, -0.2) is 19.8 Å². The van der Waals surface area contributed by atoms with Crippen LogP contribution >= 0.6 is 11.3 Å². The SMILES string of the molecule is NC(=O)Nc1cc(-c2nc(C(F)(F)F)cs2)c(-c2cncc(C3=NCCO3)c2)cn1. The highest BCUT2D eigenvalue weighted by molar-refractivity contribution is 7.13. The standard InChI is InChI=1S/C18H13F3N6O2S/c19-18(20,21)13-8-30-16(26-13)11-4-14(27-17(22)28)25-7-12(11)9-3-10(6-23-5-9)15-24-1-2-29-15/h3-8H,1-2H2,(H3,22,25,27,28). The van der Waals surface area contributed by atoms with Crippen molar-refractivity contribution in [2.45, 2.75) is 6.18 Å². The van der Waals surface area contributed by atoms with Crippen LogP contribution in [0.3, 0.4) is 0 Å². The van der Waals surface area contributed by atoms with E-state index in [1.54, 1.807) is 18.5 Å². The molecule has 2 amide bonds. The van der Waals surface area contributed by atoms with Crippen molar-refractivity contribution in [2.75, 3.05) is 18.5 Å². The Bertz CT molecular complexity index is 1140. The number of nitrogens with zero attached hydrogens (tertiary/aromatic N) is 4. The van der Waals surface area contributed by atoms with Crippen molar-refractivity contribution in [3.05, 3.63) is 47.4 Å². The molecule has 0 saturated heterocycles. The van der Waals surface area contributed by atoms with Crippen LogP contribution in [-0.4, -0.2) is 40.0 Å². The lowest BCUT2D eigenvalue weighted by atomic mass is 10.0. The Labute approximate surface area is 171 Å². The van der Waals surface area contributed by atoms with Gasteiger partial charge in [-0.3, -0.25) is 10.3 Å². The molecule has 0 fully saturated rings. The number of aromatic nitrogens is 3. The lowest BCUT2D eigenvalue weighted by Crippen LogP contribution is -2.20. The number of nitrogens with one attached hydrogen (secondary N) is 1. The van der Waals surface area contributed by atoms with E-state index in [4.69, 9.17) is 10.5 Å². The van der Waals surface area contributed by atoms with E-state index in [-0.39, 0.29) is 10.8 Å². The van der Waals surface area contributed by atoms with Crippen LogP contribution in [-0.2, 0) is 10.9 Å². The second-order valence-corrected chi connectivity index (χ2v) is 7.00. The van der Waals surface area contributed by atoms with E-state index >= 15 is 0 Å². The molecular formula is C18H13F3N6O2S. The molecule has 0 aliphatic carbocycles. The van der Waals surface area contributed by atoms with Crippen LogP contribution in [0.2, 0.25) is 0 Å². The van der Waals surface area contributed by atoms with Crippen LogP contribution in [0.4, 0.5) is 23.8 Å². The Morgan fingerprint density at radius 2 is 1.97 bits per heavy atom. The normalized spacial score (nSPS) is 13.6. The molecule has 4 rings (SSSR count). The van der Waals surface area contributed by atoms with Gasteiger partial charge in [-0.1, -0.05) is 0 Å². The van der Waals surface area contributed by atoms with E-state index < -0.39 is 17.9 Å². The third kappa shape index (κ3) is 4.08. The lowest BCUT2D eigenvalue weighted by molar-refractivity contribution is -0.140. The summed E-state index contributed by atoms with van der Waals surface area (Å²) in [6.45, 7) is 1.01. The average molecular weight is 434 g/mol. The molecule has 0 radical (unpaired) electrons. The van der Waals surface area contributed by atoms with E-state index in [1.807, 2.05) is 0 Å². The maximum absolute atomic E-state index is 13.0. The van der Waals surface area contributed by atoms with Crippen molar-refractivity contribution < 1.29 is 22.7 Å². The molecule has 3 aromatic heterocycles. The van der Waals surface area contributed by atoms with Crippen LogP contribution in [0.15, 0.2) is 41.1 Å². The van der Waals surface area contributed by atoms with Crippen molar-refractivity contribution in [3.8, 4) is 21.7 Å². The first kappa shape index (κ1) is 19.8. The van der Waals surface area contributed by atoms with Gasteiger partial charge in [0, 0.05) is 40.7 Å². The van der Waals surface area contributed by atoms with Crippen molar-refractivity contribution in [2.24, 2.45) is 10.7 Å². The first-order valence-electron chi connectivity index (χ1n) is 8.54. The first-order valence-corrected chi connectivity index (χ1v) is 9.42. The summed E-state index contributed by atoms with van der Waals surface area (Å²) in [6, 6.07) is 2.31. The maximum Gasteiger partial charge on any atom is 0.434 e. The van der Waals surface area contributed by atoms with Gasteiger partial charge in [0.15, 0.2) is 5.69 Å². The van der Waals surface area contributed by atoms with Crippen LogP contribution < -0.4 is 11.1 Å². The van der Waals surface area contributed by atoms with Gasteiger partial charge in [0.05, 0.1) is 12.1 Å². The van der Waals surface area contributed by atoms with Gasteiger partial charge in [0.2, 0.25) is 5.90 Å². The molecule has 12 heteroatoms. The predicted molar refractivity (Wildman–Crippen MR) is 104 cm³/mol. The van der Waals surface area contributed by atoms with E-state index in [1.165, 1.54) is 12.3 Å². The molecule has 30 heavy (non-hydrogen) atoms. The molecule has 0 aromatic carbocycles. The van der Waals surface area contributed by atoms with E-state index in [0.29, 0.717) is 41.3 Å². The molecule has 1 aliphatic heterocycles. The summed E-state index contributed by atoms with van der Waals surface area (Å²) >= 11 is 0.824. The number of pyridine rings is 2. The zero-order chi connectivity index (χ0) is 21.3. The number of rotatable bonds is 4. The van der Waals surface area contributed by atoms with Gasteiger partial charge in [0.25, 0.3) is 0 Å². The van der Waals surface area contributed by atoms with Gasteiger partial charge in [-0.2, -0.15) is 13.2 Å². The van der Waals surface area contributed by atoms with E-state index in [2.05, 4.69) is 25.3 Å². The largest absolute Gasteiger partial charge is 0.475 e. The second kappa shape index (κ2) is 7.71. The molecule has 0 unspecified atom stereocenters.